The van der Waals surface area contributed by atoms with Crippen LogP contribution in [-0.4, -0.2) is 5.91 Å². The van der Waals surface area contributed by atoms with E-state index in [0.29, 0.717) is 43.4 Å². The van der Waals surface area contributed by atoms with Crippen LogP contribution in [0.4, 0.5) is 5.69 Å². The van der Waals surface area contributed by atoms with Crippen molar-refractivity contribution in [1.82, 2.24) is 0 Å². The first-order valence-corrected chi connectivity index (χ1v) is 9.26. The molecular formula is C21H13Cl3N2O2. The fourth-order valence-corrected chi connectivity index (χ4v) is 3.16. The van der Waals surface area contributed by atoms with Crippen molar-refractivity contribution in [1.29, 1.82) is 5.26 Å². The number of hydrogen-bond acceptors (Lipinski definition) is 3. The molecule has 0 saturated heterocycles. The summed E-state index contributed by atoms with van der Waals surface area (Å²) in [7, 11) is 0. The molecule has 2 aromatic carbocycles. The minimum Gasteiger partial charge on any atom is -0.457 e. The number of rotatable bonds is 4. The van der Waals surface area contributed by atoms with Gasteiger partial charge in [0.1, 0.15) is 23.2 Å². The molecule has 1 amide bonds. The van der Waals surface area contributed by atoms with E-state index in [0.717, 1.165) is 0 Å². The highest BCUT2D eigenvalue weighted by Gasteiger charge is 2.14. The third kappa shape index (κ3) is 4.40. The first-order chi connectivity index (χ1) is 13.4. The molecule has 0 fully saturated rings. The summed E-state index contributed by atoms with van der Waals surface area (Å²) >= 11 is 18.2. The molecule has 3 rings (SSSR count). The van der Waals surface area contributed by atoms with Gasteiger partial charge in [0.15, 0.2) is 0 Å². The van der Waals surface area contributed by atoms with E-state index in [-0.39, 0.29) is 5.57 Å². The standard InChI is InChI=1S/C21H13Cl3N2O2/c1-12-17(23)3-2-4-19(12)26-21(27)13(11-25)9-15-6-8-20(28-15)16-7-5-14(22)10-18(16)24/h2-10H,1H3,(H,26,27)/b13-9+. The van der Waals surface area contributed by atoms with Gasteiger partial charge in [0, 0.05) is 27.4 Å². The van der Waals surface area contributed by atoms with Gasteiger partial charge >= 0.3 is 0 Å². The molecular weight excluding hydrogens is 419 g/mol. The first-order valence-electron chi connectivity index (χ1n) is 8.12. The molecule has 0 bridgehead atoms. The molecule has 1 N–H and O–H groups in total. The summed E-state index contributed by atoms with van der Waals surface area (Å²) in [6.45, 7) is 1.78. The molecule has 0 aliphatic heterocycles. The summed E-state index contributed by atoms with van der Waals surface area (Å²) in [6.07, 6.45) is 1.36. The molecule has 0 atom stereocenters. The SMILES string of the molecule is Cc1c(Cl)cccc1NC(=O)/C(C#N)=C/c1ccc(-c2ccc(Cl)cc2Cl)o1. The van der Waals surface area contributed by atoms with Crippen molar-refractivity contribution in [2.24, 2.45) is 0 Å². The zero-order valence-electron chi connectivity index (χ0n) is 14.6. The third-order valence-electron chi connectivity index (χ3n) is 3.99. The Morgan fingerprint density at radius 1 is 1.11 bits per heavy atom. The van der Waals surface area contributed by atoms with Gasteiger partial charge in [-0.15, -0.1) is 0 Å². The number of nitrogens with zero attached hydrogens (tertiary/aromatic N) is 1. The lowest BCUT2D eigenvalue weighted by atomic mass is 10.1. The summed E-state index contributed by atoms with van der Waals surface area (Å²) in [5.41, 5.74) is 1.80. The summed E-state index contributed by atoms with van der Waals surface area (Å²) in [4.78, 5) is 12.5. The minimum absolute atomic E-state index is 0.109. The second-order valence-corrected chi connectivity index (χ2v) is 7.11. The predicted octanol–water partition coefficient (Wildman–Crippen LogP) is 6.76. The van der Waals surface area contributed by atoms with Gasteiger partial charge in [-0.3, -0.25) is 4.79 Å². The Labute approximate surface area is 176 Å². The molecule has 0 spiro atoms. The maximum Gasteiger partial charge on any atom is 0.266 e. The highest BCUT2D eigenvalue weighted by Crippen LogP contribution is 2.32. The van der Waals surface area contributed by atoms with Crippen molar-refractivity contribution < 1.29 is 9.21 Å². The summed E-state index contributed by atoms with van der Waals surface area (Å²) in [5, 5.41) is 13.5. The number of nitriles is 1. The number of benzene rings is 2. The summed E-state index contributed by atoms with van der Waals surface area (Å²) < 4.78 is 5.71. The van der Waals surface area contributed by atoms with Crippen LogP contribution >= 0.6 is 34.8 Å². The van der Waals surface area contributed by atoms with Crippen molar-refractivity contribution in [2.75, 3.05) is 5.32 Å². The second kappa shape index (κ2) is 8.53. The lowest BCUT2D eigenvalue weighted by molar-refractivity contribution is -0.112. The Morgan fingerprint density at radius 3 is 2.61 bits per heavy atom. The number of anilines is 1. The summed E-state index contributed by atoms with van der Waals surface area (Å²) in [5.74, 6) is 0.280. The van der Waals surface area contributed by atoms with E-state index in [9.17, 15) is 10.1 Å². The van der Waals surface area contributed by atoms with Gasteiger partial charge in [-0.1, -0.05) is 40.9 Å². The molecule has 3 aromatic rings. The van der Waals surface area contributed by atoms with Gasteiger partial charge in [-0.05, 0) is 55.0 Å². The monoisotopic (exact) mass is 430 g/mol. The van der Waals surface area contributed by atoms with Gasteiger partial charge in [-0.2, -0.15) is 5.26 Å². The fourth-order valence-electron chi connectivity index (χ4n) is 2.49. The van der Waals surface area contributed by atoms with Crippen LogP contribution in [0.1, 0.15) is 11.3 Å². The predicted molar refractivity (Wildman–Crippen MR) is 113 cm³/mol. The minimum atomic E-state index is -0.560. The fraction of sp³-hybridized carbons (Fsp3) is 0.0476. The number of carbonyl (C=O) groups excluding carboxylic acids is 1. The van der Waals surface area contributed by atoms with Crippen LogP contribution in [-0.2, 0) is 4.79 Å². The Morgan fingerprint density at radius 2 is 1.89 bits per heavy atom. The van der Waals surface area contributed by atoms with E-state index in [4.69, 9.17) is 39.2 Å². The van der Waals surface area contributed by atoms with Gasteiger partial charge in [0.2, 0.25) is 0 Å². The van der Waals surface area contributed by atoms with Crippen LogP contribution in [0.3, 0.4) is 0 Å². The first kappa shape index (κ1) is 20.0. The van der Waals surface area contributed by atoms with E-state index in [2.05, 4.69) is 5.32 Å². The molecule has 4 nitrogen and oxygen atoms in total. The zero-order chi connectivity index (χ0) is 20.3. The number of carbonyl (C=O) groups is 1. The lowest BCUT2D eigenvalue weighted by Gasteiger charge is -2.08. The quantitative estimate of drug-likeness (QED) is 0.366. The van der Waals surface area contributed by atoms with E-state index in [1.54, 1.807) is 55.5 Å². The van der Waals surface area contributed by atoms with Crippen LogP contribution in [0, 0.1) is 18.3 Å². The highest BCUT2D eigenvalue weighted by atomic mass is 35.5. The van der Waals surface area contributed by atoms with Crippen molar-refractivity contribution in [3.05, 3.63) is 80.5 Å². The normalized spacial score (nSPS) is 11.2. The van der Waals surface area contributed by atoms with Gasteiger partial charge in [0.25, 0.3) is 5.91 Å². The number of furan rings is 1. The zero-order valence-corrected chi connectivity index (χ0v) is 16.9. The topological polar surface area (TPSA) is 66.0 Å². The average molecular weight is 432 g/mol. The van der Waals surface area contributed by atoms with Gasteiger partial charge in [-0.25, -0.2) is 0 Å². The molecule has 0 saturated carbocycles. The largest absolute Gasteiger partial charge is 0.457 e. The van der Waals surface area contributed by atoms with Crippen LogP contribution in [0.25, 0.3) is 17.4 Å². The molecule has 0 radical (unpaired) electrons. The molecule has 140 valence electrons. The number of hydrogen-bond donors (Lipinski definition) is 1. The Bertz CT molecular complexity index is 1130. The van der Waals surface area contributed by atoms with E-state index in [1.807, 2.05) is 6.07 Å². The van der Waals surface area contributed by atoms with E-state index in [1.165, 1.54) is 6.08 Å². The van der Waals surface area contributed by atoms with Gasteiger partial charge < -0.3 is 9.73 Å². The number of halogens is 3. The average Bonchev–Trinajstić information content (AvgIpc) is 3.11. The molecule has 0 aliphatic rings. The Balaban J connectivity index is 1.85. The number of amides is 1. The highest BCUT2D eigenvalue weighted by molar-refractivity contribution is 6.36. The molecule has 7 heteroatoms. The van der Waals surface area contributed by atoms with Crippen LogP contribution < -0.4 is 5.32 Å². The second-order valence-electron chi connectivity index (χ2n) is 5.86. The Kier molecular flexibility index (Phi) is 6.11. The van der Waals surface area contributed by atoms with Crippen molar-refractivity contribution in [2.45, 2.75) is 6.92 Å². The van der Waals surface area contributed by atoms with Crippen LogP contribution in [0.2, 0.25) is 15.1 Å². The third-order valence-corrected chi connectivity index (χ3v) is 4.95. The van der Waals surface area contributed by atoms with Gasteiger partial charge in [0.05, 0.1) is 5.02 Å². The van der Waals surface area contributed by atoms with Crippen molar-refractivity contribution in [3.8, 4) is 17.4 Å². The summed E-state index contributed by atoms with van der Waals surface area (Å²) in [6, 6.07) is 15.4. The smallest absolute Gasteiger partial charge is 0.266 e. The lowest BCUT2D eigenvalue weighted by Crippen LogP contribution is -2.14. The van der Waals surface area contributed by atoms with E-state index < -0.39 is 5.91 Å². The molecule has 28 heavy (non-hydrogen) atoms. The molecule has 0 unspecified atom stereocenters. The Hall–Kier alpha value is -2.71. The molecule has 1 heterocycles. The molecule has 0 aliphatic carbocycles. The van der Waals surface area contributed by atoms with Crippen LogP contribution in [0.5, 0.6) is 0 Å². The maximum absolute atomic E-state index is 12.5. The van der Waals surface area contributed by atoms with Crippen LogP contribution in [0.15, 0.2) is 58.5 Å². The van der Waals surface area contributed by atoms with Crippen molar-refractivity contribution >= 4 is 52.5 Å². The van der Waals surface area contributed by atoms with E-state index >= 15 is 0 Å². The van der Waals surface area contributed by atoms with Crippen molar-refractivity contribution in [3.63, 3.8) is 0 Å². The molecule has 1 aromatic heterocycles. The maximum atomic E-state index is 12.5. The number of nitrogens with one attached hydrogen (secondary N) is 1.